The van der Waals surface area contributed by atoms with E-state index in [4.69, 9.17) is 12.2 Å². The van der Waals surface area contributed by atoms with Gasteiger partial charge in [0, 0.05) is 24.2 Å². The summed E-state index contributed by atoms with van der Waals surface area (Å²) in [6.07, 6.45) is 1.41. The van der Waals surface area contributed by atoms with Crippen LogP contribution in [-0.4, -0.2) is 31.7 Å². The van der Waals surface area contributed by atoms with Gasteiger partial charge in [-0.3, -0.25) is 19.8 Å². The molecule has 1 saturated heterocycles. The molecule has 0 unspecified atom stereocenters. The van der Waals surface area contributed by atoms with Crippen LogP contribution in [0.5, 0.6) is 5.75 Å². The Morgan fingerprint density at radius 2 is 2.25 bits per heavy atom. The lowest BCUT2D eigenvalue weighted by molar-refractivity contribution is -0.384. The number of nitro groups is 1. The maximum Gasteiger partial charge on any atom is 0.270 e. The predicted octanol–water partition coefficient (Wildman–Crippen LogP) is 2.52. The number of benzene rings is 1. The molecule has 8 heteroatoms. The number of rotatable bonds is 3. The van der Waals surface area contributed by atoms with E-state index in [-0.39, 0.29) is 22.9 Å². The van der Waals surface area contributed by atoms with Crippen molar-refractivity contribution in [1.82, 2.24) is 4.90 Å². The highest BCUT2D eigenvalue weighted by Gasteiger charge is 2.30. The van der Waals surface area contributed by atoms with E-state index in [0.29, 0.717) is 15.8 Å². The molecular weight excluding hydrogens is 300 g/mol. The predicted molar refractivity (Wildman–Crippen MR) is 80.3 cm³/mol. The lowest BCUT2D eigenvalue weighted by atomic mass is 10.1. The molecule has 0 saturated carbocycles. The summed E-state index contributed by atoms with van der Waals surface area (Å²) in [5.74, 6) is -0.384. The van der Waals surface area contributed by atoms with Crippen molar-refractivity contribution in [3.05, 3.63) is 38.8 Å². The van der Waals surface area contributed by atoms with Crippen LogP contribution in [0.15, 0.2) is 23.1 Å². The van der Waals surface area contributed by atoms with Crippen LogP contribution in [0, 0.1) is 10.1 Å². The monoisotopic (exact) mass is 310 g/mol. The summed E-state index contributed by atoms with van der Waals surface area (Å²) in [5.41, 5.74) is 0.0656. The first-order valence-corrected chi connectivity index (χ1v) is 6.89. The minimum Gasteiger partial charge on any atom is -0.507 e. The van der Waals surface area contributed by atoms with Crippen LogP contribution in [0.2, 0.25) is 0 Å². The summed E-state index contributed by atoms with van der Waals surface area (Å²) < 4.78 is 0.439. The maximum atomic E-state index is 12.0. The fourth-order valence-corrected chi connectivity index (χ4v) is 3.06. The third-order valence-electron chi connectivity index (χ3n) is 2.70. The maximum absolute atomic E-state index is 12.0. The molecule has 104 valence electrons. The SMILES string of the molecule is CCN1C(=O)/C(=C\c2cc([N+](=O)[O-])ccc2O)SC1=S. The summed E-state index contributed by atoms with van der Waals surface area (Å²) in [6, 6.07) is 3.64. The zero-order valence-corrected chi connectivity index (χ0v) is 12.0. The van der Waals surface area contributed by atoms with Gasteiger partial charge < -0.3 is 5.11 Å². The molecule has 1 aromatic rings. The van der Waals surface area contributed by atoms with E-state index >= 15 is 0 Å². The minimum atomic E-state index is -0.561. The number of non-ortho nitro benzene ring substituents is 1. The second kappa shape index (κ2) is 5.59. The van der Waals surface area contributed by atoms with Gasteiger partial charge in [0.15, 0.2) is 0 Å². The highest BCUT2D eigenvalue weighted by molar-refractivity contribution is 8.26. The zero-order chi connectivity index (χ0) is 14.9. The summed E-state index contributed by atoms with van der Waals surface area (Å²) in [4.78, 5) is 23.9. The molecule has 6 nitrogen and oxygen atoms in total. The number of phenolic OH excluding ortho intramolecular Hbond substituents is 1. The minimum absolute atomic E-state index is 0.127. The Labute approximate surface area is 124 Å². The molecule has 1 aromatic carbocycles. The molecule has 1 fully saturated rings. The number of likely N-dealkylation sites (N-methyl/N-ethyl adjacent to an activating group) is 1. The van der Waals surface area contributed by atoms with Gasteiger partial charge in [-0.1, -0.05) is 24.0 Å². The molecule has 0 spiro atoms. The van der Waals surface area contributed by atoms with E-state index in [2.05, 4.69) is 0 Å². The van der Waals surface area contributed by atoms with Crippen molar-refractivity contribution in [2.45, 2.75) is 6.92 Å². The number of phenols is 1. The summed E-state index contributed by atoms with van der Waals surface area (Å²) in [7, 11) is 0. The van der Waals surface area contributed by atoms with Crippen LogP contribution < -0.4 is 0 Å². The van der Waals surface area contributed by atoms with Gasteiger partial charge in [-0.25, -0.2) is 0 Å². The molecule has 1 N–H and O–H groups in total. The number of nitro benzene ring substituents is 1. The number of carbonyl (C=O) groups is 1. The summed E-state index contributed by atoms with van der Waals surface area (Å²) in [5, 5.41) is 20.4. The van der Waals surface area contributed by atoms with E-state index in [9.17, 15) is 20.0 Å². The van der Waals surface area contributed by atoms with Crippen LogP contribution >= 0.6 is 24.0 Å². The number of aromatic hydroxyl groups is 1. The number of nitrogens with zero attached hydrogens (tertiary/aromatic N) is 2. The number of thioether (sulfide) groups is 1. The largest absolute Gasteiger partial charge is 0.507 e. The van der Waals surface area contributed by atoms with Crippen molar-refractivity contribution in [2.75, 3.05) is 6.54 Å². The summed E-state index contributed by atoms with van der Waals surface area (Å²) >= 11 is 6.18. The average molecular weight is 310 g/mol. The van der Waals surface area contributed by atoms with Crippen molar-refractivity contribution in [2.24, 2.45) is 0 Å². The van der Waals surface area contributed by atoms with Crippen molar-refractivity contribution in [3.63, 3.8) is 0 Å². The molecule has 0 radical (unpaired) electrons. The quantitative estimate of drug-likeness (QED) is 0.400. The van der Waals surface area contributed by atoms with E-state index in [1.54, 1.807) is 6.92 Å². The molecule has 1 amide bonds. The molecule has 0 atom stereocenters. The van der Waals surface area contributed by atoms with E-state index < -0.39 is 4.92 Å². The number of thiocarbonyl (C=S) groups is 1. The van der Waals surface area contributed by atoms with Gasteiger partial charge in [0.05, 0.1) is 9.83 Å². The Bertz CT molecular complexity index is 642. The molecule has 20 heavy (non-hydrogen) atoms. The van der Waals surface area contributed by atoms with Gasteiger partial charge in [-0.2, -0.15) is 0 Å². The number of carbonyl (C=O) groups excluding carboxylic acids is 1. The second-order valence-corrected chi connectivity index (χ2v) is 5.60. The Morgan fingerprint density at radius 1 is 1.55 bits per heavy atom. The highest BCUT2D eigenvalue weighted by atomic mass is 32.2. The lowest BCUT2D eigenvalue weighted by Crippen LogP contribution is -2.27. The molecular formula is C12H10N2O4S2. The number of hydrogen-bond donors (Lipinski definition) is 1. The molecule has 2 rings (SSSR count). The van der Waals surface area contributed by atoms with E-state index in [1.165, 1.54) is 29.2 Å². The first kappa shape index (κ1) is 14.5. The van der Waals surface area contributed by atoms with Crippen molar-refractivity contribution in [3.8, 4) is 5.75 Å². The lowest BCUT2D eigenvalue weighted by Gasteiger charge is -2.09. The third-order valence-corrected chi connectivity index (χ3v) is 4.08. The van der Waals surface area contributed by atoms with Crippen LogP contribution in [-0.2, 0) is 4.79 Å². The van der Waals surface area contributed by atoms with Crippen molar-refractivity contribution < 1.29 is 14.8 Å². The standard InChI is InChI=1S/C12H10N2O4S2/c1-2-13-11(16)10(20-12(13)19)6-7-5-8(14(17)18)3-4-9(7)15/h3-6,15H,2H2,1H3/b10-6+. The summed E-state index contributed by atoms with van der Waals surface area (Å²) in [6.45, 7) is 2.27. The van der Waals surface area contributed by atoms with E-state index in [0.717, 1.165) is 11.8 Å². The molecule has 1 aliphatic rings. The van der Waals surface area contributed by atoms with Crippen LogP contribution in [0.4, 0.5) is 5.69 Å². The average Bonchev–Trinajstić information content (AvgIpc) is 2.66. The molecule has 1 aliphatic heterocycles. The second-order valence-electron chi connectivity index (χ2n) is 3.93. The van der Waals surface area contributed by atoms with Crippen molar-refractivity contribution in [1.29, 1.82) is 0 Å². The van der Waals surface area contributed by atoms with Gasteiger partial charge in [0.1, 0.15) is 10.1 Å². The Balaban J connectivity index is 2.41. The fourth-order valence-electron chi connectivity index (χ4n) is 1.68. The first-order valence-electron chi connectivity index (χ1n) is 5.66. The van der Waals surface area contributed by atoms with Crippen LogP contribution in [0.25, 0.3) is 6.08 Å². The van der Waals surface area contributed by atoms with Crippen molar-refractivity contribution >= 4 is 46.0 Å². The van der Waals surface area contributed by atoms with Gasteiger partial charge in [0.25, 0.3) is 11.6 Å². The molecule has 1 heterocycles. The van der Waals surface area contributed by atoms with Crippen LogP contribution in [0.1, 0.15) is 12.5 Å². The van der Waals surface area contributed by atoms with Gasteiger partial charge >= 0.3 is 0 Å². The fraction of sp³-hybridized carbons (Fsp3) is 0.167. The molecule has 0 aliphatic carbocycles. The first-order chi connectivity index (χ1) is 9.43. The van der Waals surface area contributed by atoms with E-state index in [1.807, 2.05) is 0 Å². The van der Waals surface area contributed by atoms with Gasteiger partial charge in [0.2, 0.25) is 0 Å². The smallest absolute Gasteiger partial charge is 0.270 e. The Hall–Kier alpha value is -1.93. The molecule has 0 aromatic heterocycles. The number of hydrogen-bond acceptors (Lipinski definition) is 6. The van der Waals surface area contributed by atoms with Gasteiger partial charge in [-0.05, 0) is 19.1 Å². The molecule has 0 bridgehead atoms. The Morgan fingerprint density at radius 3 is 2.80 bits per heavy atom. The van der Waals surface area contributed by atoms with Crippen LogP contribution in [0.3, 0.4) is 0 Å². The number of amides is 1. The van der Waals surface area contributed by atoms with Gasteiger partial charge in [-0.15, -0.1) is 0 Å². The zero-order valence-electron chi connectivity index (χ0n) is 10.4. The Kier molecular flexibility index (Phi) is 4.05. The highest BCUT2D eigenvalue weighted by Crippen LogP contribution is 2.34. The topological polar surface area (TPSA) is 83.7 Å². The normalized spacial score (nSPS) is 17.1. The third kappa shape index (κ3) is 2.66.